The summed E-state index contributed by atoms with van der Waals surface area (Å²) in [6.45, 7) is 0. The fraction of sp³-hybridized carbons (Fsp3) is 0. The number of hydrogen-bond acceptors (Lipinski definition) is 7. The quantitative estimate of drug-likeness (QED) is 0.158. The lowest BCUT2D eigenvalue weighted by molar-refractivity contribution is 0.651. The van der Waals surface area contributed by atoms with Crippen LogP contribution in [0.25, 0.3) is 263 Å². The lowest BCUT2D eigenvalue weighted by Gasteiger charge is -2.17. The van der Waals surface area contributed by atoms with Gasteiger partial charge in [-0.25, -0.2) is 15.0 Å². The second kappa shape index (κ2) is 21.8. The van der Waals surface area contributed by atoms with Gasteiger partial charge in [0.25, 0.3) is 0 Å². The Morgan fingerprint density at radius 1 is 0.207 bits per heavy atom. The van der Waals surface area contributed by atoms with Crippen LogP contribution in [0.4, 0.5) is 0 Å². The Kier molecular flexibility index (Phi) is 11.6. The Morgan fingerprint density at radius 3 is 1.32 bits per heavy atom. The third-order valence-corrected chi connectivity index (χ3v) is 24.0. The molecule has 0 saturated carbocycles. The van der Waals surface area contributed by atoms with E-state index in [0.717, 1.165) is 213 Å². The Hall–Kier alpha value is -15.1. The van der Waals surface area contributed by atoms with E-state index in [-0.39, 0.29) is 0 Å². The van der Waals surface area contributed by atoms with E-state index in [2.05, 4.69) is 306 Å². The van der Waals surface area contributed by atoms with E-state index in [1.807, 2.05) is 30.3 Å². The second-order valence-corrected chi connectivity index (χ2v) is 29.7. The van der Waals surface area contributed by atoms with Crippen molar-refractivity contribution in [1.82, 2.24) is 29.1 Å². The Balaban J connectivity index is 0.765. The van der Waals surface area contributed by atoms with Crippen molar-refractivity contribution in [2.75, 3.05) is 0 Å². The SMILES string of the molecule is c1ccc2cc3c(cc2c1)c1c2c4ccccc4c4ccccc4c2ccc1n3-c1nc(-c2cc(-c3cccc4c3c3ccccc3c3ccc5c(c6cc7ccccc7cc6n5-c5nc(-c6cccc7oc8ccccc8c67)c6c(n5)oc5ccccc56)c34)cc3c2oc2ccccc23)c2ccc3ccccc3c2n1. The van der Waals surface area contributed by atoms with E-state index in [0.29, 0.717) is 17.6 Å². The molecule has 0 atom stereocenters. The van der Waals surface area contributed by atoms with Gasteiger partial charge >= 0.3 is 0 Å². The molecule has 0 aliphatic heterocycles. The van der Waals surface area contributed by atoms with Crippen molar-refractivity contribution in [3.63, 3.8) is 0 Å². The summed E-state index contributed by atoms with van der Waals surface area (Å²) in [5.74, 6) is 1.05. The van der Waals surface area contributed by atoms with Crippen LogP contribution in [0.1, 0.15) is 0 Å². The van der Waals surface area contributed by atoms with Gasteiger partial charge in [-0.3, -0.25) is 9.13 Å². The molecule has 7 aromatic heterocycles. The van der Waals surface area contributed by atoms with E-state index in [4.69, 9.17) is 33.2 Å². The van der Waals surface area contributed by atoms with Crippen molar-refractivity contribution in [3.8, 4) is 45.5 Å². The molecule has 510 valence electrons. The molecule has 9 nitrogen and oxygen atoms in total. The Labute approximate surface area is 628 Å². The molecule has 7 heterocycles. The van der Waals surface area contributed by atoms with Gasteiger partial charge in [-0.2, -0.15) is 4.98 Å². The first-order valence-electron chi connectivity index (χ1n) is 37.7. The van der Waals surface area contributed by atoms with E-state index < -0.39 is 0 Å². The molecule has 111 heavy (non-hydrogen) atoms. The molecule has 0 fully saturated rings. The highest BCUT2D eigenvalue weighted by atomic mass is 16.3. The highest BCUT2D eigenvalue weighted by Crippen LogP contribution is 2.52. The molecule has 9 heteroatoms. The summed E-state index contributed by atoms with van der Waals surface area (Å²) < 4.78 is 25.4. The van der Waals surface area contributed by atoms with Gasteiger partial charge < -0.3 is 13.3 Å². The van der Waals surface area contributed by atoms with Crippen LogP contribution in [-0.4, -0.2) is 29.1 Å². The molecule has 0 spiro atoms. The molecule has 0 bridgehead atoms. The summed E-state index contributed by atoms with van der Waals surface area (Å²) in [5.41, 5.74) is 14.6. The van der Waals surface area contributed by atoms with Crippen molar-refractivity contribution in [1.29, 1.82) is 0 Å². The summed E-state index contributed by atoms with van der Waals surface area (Å²) in [6.07, 6.45) is 0. The highest BCUT2D eigenvalue weighted by Gasteiger charge is 2.30. The Morgan fingerprint density at radius 2 is 0.658 bits per heavy atom. The lowest BCUT2D eigenvalue weighted by atomic mass is 9.87. The average molecular weight is 1410 g/mol. The zero-order valence-electron chi connectivity index (χ0n) is 59.1. The number of para-hydroxylation sites is 3. The average Bonchev–Trinajstić information content (AvgIpc) is 1.62. The maximum atomic E-state index is 7.30. The van der Waals surface area contributed by atoms with Crippen molar-refractivity contribution in [2.24, 2.45) is 0 Å². The van der Waals surface area contributed by atoms with Gasteiger partial charge in [0.05, 0.1) is 44.4 Å². The fourth-order valence-electron chi connectivity index (χ4n) is 19.3. The van der Waals surface area contributed by atoms with Crippen LogP contribution in [0.15, 0.2) is 341 Å². The molecule has 26 aromatic rings. The first kappa shape index (κ1) is 59.1. The number of aromatic nitrogens is 6. The number of hydrogen-bond donors (Lipinski definition) is 0. The summed E-state index contributed by atoms with van der Waals surface area (Å²) in [5, 5.41) is 31.8. The molecular formula is C102H54N6O3. The van der Waals surface area contributed by atoms with Gasteiger partial charge in [-0.15, -0.1) is 0 Å². The van der Waals surface area contributed by atoms with Crippen LogP contribution in [0, 0.1) is 0 Å². The number of benzene rings is 19. The van der Waals surface area contributed by atoms with Crippen LogP contribution in [0.5, 0.6) is 0 Å². The van der Waals surface area contributed by atoms with Crippen molar-refractivity contribution >= 4 is 217 Å². The lowest BCUT2D eigenvalue weighted by Crippen LogP contribution is -2.04. The molecule has 0 aliphatic rings. The number of rotatable bonds is 5. The van der Waals surface area contributed by atoms with Crippen molar-refractivity contribution < 1.29 is 13.3 Å². The summed E-state index contributed by atoms with van der Waals surface area (Å²) in [6, 6.07) is 118. The molecule has 26 rings (SSSR count). The van der Waals surface area contributed by atoms with Crippen molar-refractivity contribution in [2.45, 2.75) is 0 Å². The predicted octanol–water partition coefficient (Wildman–Crippen LogP) is 27.7. The highest BCUT2D eigenvalue weighted by molar-refractivity contribution is 6.39. The maximum absolute atomic E-state index is 7.30. The largest absolute Gasteiger partial charge is 0.456 e. The van der Waals surface area contributed by atoms with Gasteiger partial charge in [0, 0.05) is 81.1 Å². The zero-order chi connectivity index (χ0) is 72.0. The minimum absolute atomic E-state index is 0.492. The molecular weight excluding hydrogens is 1360 g/mol. The third-order valence-electron chi connectivity index (χ3n) is 24.0. The van der Waals surface area contributed by atoms with Gasteiger partial charge in [-0.1, -0.05) is 249 Å². The van der Waals surface area contributed by atoms with Gasteiger partial charge in [0.2, 0.25) is 17.6 Å². The van der Waals surface area contributed by atoms with E-state index >= 15 is 0 Å². The van der Waals surface area contributed by atoms with Crippen LogP contribution in [0.3, 0.4) is 0 Å². The summed E-state index contributed by atoms with van der Waals surface area (Å²) in [7, 11) is 0. The standard InChI is InChI=1S/C102H54N6O3/c1-3-24-58-53-83-78(49-56(58)22-1)93-81(47-45-70-65-29-8-7-27-63(65)64-28-9-12-33-69(64)91(70)93)107(83)101-103-96-62-26-6-5-21-55(62)43-44-76(96)97(104-101)80-52-60(51-77-67-31-13-16-39-85(67)110-99(77)80)61-36-19-37-74-89(61)68-32-11-10-30-66(68)71-46-48-82-94(92(71)74)79-50-57-23-2-4-25-59(57)54-84(79)108(82)102-105-98(95-73-35-15-18-41-87(73)111-100(95)106-102)75-38-20-42-88-90(75)72-34-14-17-40-86(72)109-88/h1-54H. The van der Waals surface area contributed by atoms with Crippen LogP contribution >= 0.6 is 0 Å². The molecule has 19 aromatic carbocycles. The molecule has 0 radical (unpaired) electrons. The second-order valence-electron chi connectivity index (χ2n) is 29.7. The van der Waals surface area contributed by atoms with Gasteiger partial charge in [-0.05, 0) is 171 Å². The topological polar surface area (TPSA) is 101 Å². The number of nitrogens with zero attached hydrogens (tertiary/aromatic N) is 6. The van der Waals surface area contributed by atoms with Crippen molar-refractivity contribution in [3.05, 3.63) is 328 Å². The summed E-state index contributed by atoms with van der Waals surface area (Å²) >= 11 is 0. The number of fused-ring (bicyclic) bond motifs is 34. The molecule has 0 N–H and O–H groups in total. The summed E-state index contributed by atoms with van der Waals surface area (Å²) in [4.78, 5) is 23.3. The van der Waals surface area contributed by atoms with E-state index in [1.54, 1.807) is 0 Å². The normalized spacial score (nSPS) is 12.5. The molecule has 0 aliphatic carbocycles. The smallest absolute Gasteiger partial charge is 0.238 e. The van der Waals surface area contributed by atoms with Crippen LogP contribution < -0.4 is 0 Å². The number of furan rings is 3. The van der Waals surface area contributed by atoms with Crippen LogP contribution in [-0.2, 0) is 0 Å². The van der Waals surface area contributed by atoms with Crippen LogP contribution in [0.2, 0.25) is 0 Å². The first-order chi connectivity index (χ1) is 55.0. The van der Waals surface area contributed by atoms with Gasteiger partial charge in [0.1, 0.15) is 27.9 Å². The monoisotopic (exact) mass is 1410 g/mol. The minimum Gasteiger partial charge on any atom is -0.456 e. The molecule has 0 amide bonds. The van der Waals surface area contributed by atoms with E-state index in [9.17, 15) is 0 Å². The first-order valence-corrected chi connectivity index (χ1v) is 37.7. The van der Waals surface area contributed by atoms with Gasteiger partial charge in [0.15, 0.2) is 0 Å². The zero-order valence-corrected chi connectivity index (χ0v) is 59.1. The Bertz CT molecular complexity index is 8720. The molecule has 0 unspecified atom stereocenters. The van der Waals surface area contributed by atoms with E-state index in [1.165, 1.54) is 32.3 Å². The minimum atomic E-state index is 0.492. The molecule has 0 saturated heterocycles. The third kappa shape index (κ3) is 8.06. The predicted molar refractivity (Wildman–Crippen MR) is 460 cm³/mol. The fourth-order valence-corrected chi connectivity index (χ4v) is 19.3. The maximum Gasteiger partial charge on any atom is 0.238 e.